The van der Waals surface area contributed by atoms with E-state index in [9.17, 15) is 19.2 Å². The molecule has 1 aliphatic rings. The summed E-state index contributed by atoms with van der Waals surface area (Å²) in [4.78, 5) is 53.7. The smallest absolute Gasteiger partial charge is 0.325 e. The Balaban J connectivity index is 1.55. The molecule has 9 nitrogen and oxygen atoms in total. The number of carbonyl (C=O) groups is 4. The summed E-state index contributed by atoms with van der Waals surface area (Å²) in [5.41, 5.74) is 1.11. The van der Waals surface area contributed by atoms with Gasteiger partial charge in [0.15, 0.2) is 5.13 Å². The van der Waals surface area contributed by atoms with Crippen molar-refractivity contribution < 1.29 is 23.9 Å². The molecule has 2 heterocycles. The molecule has 1 atom stereocenters. The zero-order valence-electron chi connectivity index (χ0n) is 16.0. The Morgan fingerprint density at radius 3 is 2.83 bits per heavy atom. The fourth-order valence-corrected chi connectivity index (χ4v) is 3.75. The van der Waals surface area contributed by atoms with Gasteiger partial charge in [-0.3, -0.25) is 19.3 Å². The molecule has 1 aliphatic heterocycles. The van der Waals surface area contributed by atoms with Gasteiger partial charge in [-0.2, -0.15) is 0 Å². The van der Waals surface area contributed by atoms with Crippen LogP contribution in [0.1, 0.15) is 24.6 Å². The number of benzene rings is 1. The molecule has 3 rings (SSSR count). The molecule has 11 heteroatoms. The number of esters is 1. The molecule has 1 saturated heterocycles. The number of imide groups is 1. The van der Waals surface area contributed by atoms with E-state index in [2.05, 4.69) is 15.6 Å². The van der Waals surface area contributed by atoms with E-state index in [-0.39, 0.29) is 26.0 Å². The summed E-state index contributed by atoms with van der Waals surface area (Å²) in [6.07, 6.45) is -0.231. The van der Waals surface area contributed by atoms with Gasteiger partial charge >= 0.3 is 12.0 Å². The number of hydrogen-bond donors (Lipinski definition) is 2. The highest BCUT2D eigenvalue weighted by Crippen LogP contribution is 2.21. The largest absolute Gasteiger partial charge is 0.466 e. The predicted molar refractivity (Wildman–Crippen MR) is 110 cm³/mol. The van der Waals surface area contributed by atoms with E-state index < -0.39 is 29.9 Å². The van der Waals surface area contributed by atoms with E-state index in [0.717, 1.165) is 16.2 Å². The number of anilines is 1. The van der Waals surface area contributed by atoms with Crippen LogP contribution >= 0.6 is 22.9 Å². The molecule has 0 spiro atoms. The van der Waals surface area contributed by atoms with Crippen LogP contribution in [0.3, 0.4) is 0 Å². The Bertz CT molecular complexity index is 979. The molecule has 0 radical (unpaired) electrons. The van der Waals surface area contributed by atoms with Gasteiger partial charge in [0, 0.05) is 10.4 Å². The normalized spacial score (nSPS) is 15.8. The molecule has 0 bridgehead atoms. The molecule has 1 aromatic carbocycles. The molecular formula is C19H19ClN4O5S. The molecule has 1 aromatic heterocycles. The summed E-state index contributed by atoms with van der Waals surface area (Å²) >= 11 is 7.24. The summed E-state index contributed by atoms with van der Waals surface area (Å²) < 4.78 is 4.85. The number of thiazole rings is 1. The van der Waals surface area contributed by atoms with E-state index >= 15 is 0 Å². The van der Waals surface area contributed by atoms with Crippen LogP contribution in [0, 0.1) is 0 Å². The van der Waals surface area contributed by atoms with Crippen molar-refractivity contribution in [2.24, 2.45) is 0 Å². The monoisotopic (exact) mass is 450 g/mol. The number of amides is 4. The van der Waals surface area contributed by atoms with E-state index in [1.54, 1.807) is 36.6 Å². The average Bonchev–Trinajstić information content (AvgIpc) is 3.22. The number of nitrogens with zero attached hydrogens (tertiary/aromatic N) is 2. The average molecular weight is 451 g/mol. The van der Waals surface area contributed by atoms with Crippen LogP contribution in [0.15, 0.2) is 29.6 Å². The second-order valence-corrected chi connectivity index (χ2v) is 7.66. The molecule has 0 unspecified atom stereocenters. The third-order valence-electron chi connectivity index (χ3n) is 4.21. The predicted octanol–water partition coefficient (Wildman–Crippen LogP) is 2.35. The van der Waals surface area contributed by atoms with Crippen molar-refractivity contribution in [2.75, 3.05) is 11.9 Å². The number of hydrogen-bond acceptors (Lipinski definition) is 7. The molecule has 30 heavy (non-hydrogen) atoms. The standard InChI is InChI=1S/C19H19ClN4O5S/c1-2-29-16(26)7-12-10-30-18(21-12)23-15(25)8-14-17(27)24(19(28)22-14)9-11-5-3-4-6-13(11)20/h3-6,10,14H,2,7-9H2,1H3,(H,22,28)(H,21,23,25)/t14-/m1/s1. The van der Waals surface area contributed by atoms with Crippen molar-refractivity contribution in [1.82, 2.24) is 15.2 Å². The van der Waals surface area contributed by atoms with E-state index in [0.29, 0.717) is 21.4 Å². The summed E-state index contributed by atoms with van der Waals surface area (Å²) in [6.45, 7) is 2.01. The first-order valence-electron chi connectivity index (χ1n) is 9.12. The molecule has 1 fully saturated rings. The number of rotatable bonds is 8. The van der Waals surface area contributed by atoms with Crippen molar-refractivity contribution in [1.29, 1.82) is 0 Å². The van der Waals surface area contributed by atoms with Gasteiger partial charge in [-0.1, -0.05) is 29.8 Å². The van der Waals surface area contributed by atoms with Gasteiger partial charge in [-0.25, -0.2) is 9.78 Å². The minimum absolute atomic E-state index is 0.00832. The molecule has 158 valence electrons. The lowest BCUT2D eigenvalue weighted by Crippen LogP contribution is -2.34. The third-order valence-corrected chi connectivity index (χ3v) is 5.39. The quantitative estimate of drug-likeness (QED) is 0.471. The van der Waals surface area contributed by atoms with E-state index in [1.165, 1.54) is 0 Å². The fraction of sp³-hybridized carbons (Fsp3) is 0.316. The van der Waals surface area contributed by atoms with Gasteiger partial charge < -0.3 is 15.4 Å². The number of ether oxygens (including phenoxy) is 1. The molecule has 2 aromatic rings. The topological polar surface area (TPSA) is 118 Å². The number of urea groups is 1. The lowest BCUT2D eigenvalue weighted by atomic mass is 10.1. The maximum Gasteiger partial charge on any atom is 0.325 e. The van der Waals surface area contributed by atoms with Crippen molar-refractivity contribution >= 4 is 51.9 Å². The Morgan fingerprint density at radius 2 is 2.10 bits per heavy atom. The Kier molecular flexibility index (Phi) is 7.01. The van der Waals surface area contributed by atoms with Crippen molar-refractivity contribution in [2.45, 2.75) is 32.4 Å². The highest BCUT2D eigenvalue weighted by atomic mass is 35.5. The van der Waals surface area contributed by atoms with Crippen LogP contribution in [-0.2, 0) is 32.1 Å². The van der Waals surface area contributed by atoms with Crippen LogP contribution in [0.2, 0.25) is 5.02 Å². The number of aromatic nitrogens is 1. The lowest BCUT2D eigenvalue weighted by molar-refractivity contribution is -0.142. The van der Waals surface area contributed by atoms with Gasteiger partial charge in [0.25, 0.3) is 5.91 Å². The first kappa shape index (κ1) is 21.7. The Morgan fingerprint density at radius 1 is 1.33 bits per heavy atom. The van der Waals surface area contributed by atoms with Crippen molar-refractivity contribution in [3.05, 3.63) is 45.9 Å². The van der Waals surface area contributed by atoms with Gasteiger partial charge in [0.1, 0.15) is 6.04 Å². The maximum atomic E-state index is 12.6. The van der Waals surface area contributed by atoms with Gasteiger partial charge in [0.05, 0.1) is 31.7 Å². The van der Waals surface area contributed by atoms with Crippen LogP contribution in [0.4, 0.5) is 9.93 Å². The second kappa shape index (κ2) is 9.68. The molecule has 0 aliphatic carbocycles. The number of nitrogens with one attached hydrogen (secondary N) is 2. The number of halogens is 1. The zero-order chi connectivity index (χ0) is 21.7. The molecule has 4 amide bonds. The van der Waals surface area contributed by atoms with Gasteiger partial charge in [-0.15, -0.1) is 11.3 Å². The van der Waals surface area contributed by atoms with Crippen LogP contribution < -0.4 is 10.6 Å². The lowest BCUT2D eigenvalue weighted by Gasteiger charge is -2.14. The molecule has 2 N–H and O–H groups in total. The SMILES string of the molecule is CCOC(=O)Cc1csc(NC(=O)C[C@H]2NC(=O)N(Cc3ccccc3Cl)C2=O)n1. The van der Waals surface area contributed by atoms with Crippen LogP contribution in [-0.4, -0.2) is 46.3 Å². The highest BCUT2D eigenvalue weighted by molar-refractivity contribution is 7.13. The minimum Gasteiger partial charge on any atom is -0.466 e. The van der Waals surface area contributed by atoms with Crippen molar-refractivity contribution in [3.8, 4) is 0 Å². The molecular weight excluding hydrogens is 432 g/mol. The summed E-state index contributed by atoms with van der Waals surface area (Å²) in [7, 11) is 0. The van der Waals surface area contributed by atoms with Crippen LogP contribution in [0.5, 0.6) is 0 Å². The Hall–Kier alpha value is -2.98. The second-order valence-electron chi connectivity index (χ2n) is 6.40. The highest BCUT2D eigenvalue weighted by Gasteiger charge is 2.39. The molecule has 0 saturated carbocycles. The minimum atomic E-state index is -0.973. The summed E-state index contributed by atoms with van der Waals surface area (Å²) in [6, 6.07) is 5.35. The van der Waals surface area contributed by atoms with Crippen molar-refractivity contribution in [3.63, 3.8) is 0 Å². The third kappa shape index (κ3) is 5.33. The first-order valence-corrected chi connectivity index (χ1v) is 10.4. The number of carbonyl (C=O) groups excluding carboxylic acids is 4. The summed E-state index contributed by atoms with van der Waals surface area (Å²) in [5, 5.41) is 7.47. The summed E-state index contributed by atoms with van der Waals surface area (Å²) in [5.74, 6) is -1.39. The van der Waals surface area contributed by atoms with E-state index in [4.69, 9.17) is 16.3 Å². The van der Waals surface area contributed by atoms with Crippen LogP contribution in [0.25, 0.3) is 0 Å². The Labute approximate surface area is 181 Å². The van der Waals surface area contributed by atoms with Gasteiger partial charge in [-0.05, 0) is 18.6 Å². The first-order chi connectivity index (χ1) is 14.4. The van der Waals surface area contributed by atoms with Gasteiger partial charge in [0.2, 0.25) is 5.91 Å². The fourth-order valence-electron chi connectivity index (χ4n) is 2.82. The maximum absolute atomic E-state index is 12.6. The van der Waals surface area contributed by atoms with E-state index in [1.807, 2.05) is 0 Å². The zero-order valence-corrected chi connectivity index (χ0v) is 17.6.